The third-order valence-corrected chi connectivity index (χ3v) is 6.68. The van der Waals surface area contributed by atoms with Crippen molar-refractivity contribution in [1.29, 1.82) is 0 Å². The molecule has 0 radical (unpaired) electrons. The number of benzene rings is 2. The minimum atomic E-state index is -0.0388. The third-order valence-electron chi connectivity index (χ3n) is 6.68. The van der Waals surface area contributed by atoms with Crippen LogP contribution < -0.4 is 20.3 Å². The molecular formula is C29H34N4O3. The van der Waals surface area contributed by atoms with E-state index in [0.717, 1.165) is 41.8 Å². The summed E-state index contributed by atoms with van der Waals surface area (Å²) in [4.78, 5) is 31.0. The molecule has 5 rings (SSSR count). The lowest BCUT2D eigenvalue weighted by Gasteiger charge is -2.26. The van der Waals surface area contributed by atoms with E-state index in [1.807, 2.05) is 50.2 Å². The van der Waals surface area contributed by atoms with Gasteiger partial charge in [-0.05, 0) is 85.7 Å². The number of anilines is 2. The fourth-order valence-corrected chi connectivity index (χ4v) is 4.82. The highest BCUT2D eigenvalue weighted by Crippen LogP contribution is 2.34. The number of fused-ring (bicyclic) bond motifs is 2. The molecule has 0 saturated carbocycles. The number of amides is 2. The maximum Gasteiger partial charge on any atom is 0.251 e. The Morgan fingerprint density at radius 1 is 1.08 bits per heavy atom. The van der Waals surface area contributed by atoms with Crippen LogP contribution in [0, 0.1) is 6.92 Å². The van der Waals surface area contributed by atoms with Gasteiger partial charge in [-0.15, -0.1) is 0 Å². The summed E-state index contributed by atoms with van der Waals surface area (Å²) in [6, 6.07) is 14.0. The van der Waals surface area contributed by atoms with Crippen molar-refractivity contribution in [1.82, 2.24) is 10.3 Å². The van der Waals surface area contributed by atoms with Gasteiger partial charge in [0.1, 0.15) is 17.3 Å². The van der Waals surface area contributed by atoms with Crippen molar-refractivity contribution >= 4 is 23.3 Å². The number of ether oxygens (including phenoxy) is 1. The summed E-state index contributed by atoms with van der Waals surface area (Å²) in [6.07, 6.45) is 5.26. The molecule has 1 aliphatic carbocycles. The molecule has 2 heterocycles. The summed E-state index contributed by atoms with van der Waals surface area (Å²) in [5, 5.41) is 6.05. The van der Waals surface area contributed by atoms with E-state index < -0.39 is 0 Å². The van der Waals surface area contributed by atoms with Gasteiger partial charge in [-0.1, -0.05) is 13.5 Å². The second kappa shape index (κ2) is 10.4. The summed E-state index contributed by atoms with van der Waals surface area (Å²) in [5.74, 6) is 1.98. The van der Waals surface area contributed by atoms with Crippen molar-refractivity contribution in [2.24, 2.45) is 0 Å². The Labute approximate surface area is 212 Å². The third kappa shape index (κ3) is 5.35. The second-order valence-electron chi connectivity index (χ2n) is 9.58. The van der Waals surface area contributed by atoms with Gasteiger partial charge < -0.3 is 20.3 Å². The molecule has 7 nitrogen and oxygen atoms in total. The van der Waals surface area contributed by atoms with Crippen LogP contribution in [0.4, 0.5) is 11.5 Å². The maximum absolute atomic E-state index is 13.0. The number of rotatable bonds is 5. The zero-order valence-electron chi connectivity index (χ0n) is 20.4. The summed E-state index contributed by atoms with van der Waals surface area (Å²) in [6.45, 7) is 2.01. The zero-order chi connectivity index (χ0) is 24.5. The summed E-state index contributed by atoms with van der Waals surface area (Å²) in [7, 11) is 3.96. The molecule has 1 aromatic heterocycles. The molecule has 0 fully saturated rings. The van der Waals surface area contributed by atoms with Gasteiger partial charge in [-0.25, -0.2) is 4.98 Å². The lowest BCUT2D eigenvalue weighted by Crippen LogP contribution is -2.38. The lowest BCUT2D eigenvalue weighted by molar-refractivity contribution is -0.116. The number of carbonyl (C=O) groups excluding carboxylic acids is 2. The normalized spacial score (nSPS) is 16.1. The zero-order valence-corrected chi connectivity index (χ0v) is 20.4. The first-order chi connectivity index (χ1) is 16.9. The fourth-order valence-electron chi connectivity index (χ4n) is 4.82. The molecule has 36 heavy (non-hydrogen) atoms. The van der Waals surface area contributed by atoms with Gasteiger partial charge in [0.2, 0.25) is 5.91 Å². The van der Waals surface area contributed by atoms with E-state index in [4.69, 9.17) is 4.74 Å². The molecule has 2 aliphatic rings. The highest BCUT2D eigenvalue weighted by Gasteiger charge is 2.23. The van der Waals surface area contributed by atoms with Crippen molar-refractivity contribution in [2.75, 3.05) is 24.3 Å². The molecule has 1 aliphatic heterocycles. The Bertz CT molecular complexity index is 1300. The van der Waals surface area contributed by atoms with E-state index in [2.05, 4.69) is 33.8 Å². The smallest absolute Gasteiger partial charge is 0.251 e. The highest BCUT2D eigenvalue weighted by molar-refractivity contribution is 5.95. The molecule has 3 aromatic rings. The van der Waals surface area contributed by atoms with Crippen molar-refractivity contribution in [3.8, 4) is 11.5 Å². The number of nitrogens with one attached hydrogen (secondary N) is 2. The van der Waals surface area contributed by atoms with E-state index in [0.29, 0.717) is 30.0 Å². The first-order valence-electron chi connectivity index (χ1n) is 12.0. The van der Waals surface area contributed by atoms with E-state index in [9.17, 15) is 9.59 Å². The van der Waals surface area contributed by atoms with Crippen LogP contribution in [0.2, 0.25) is 0 Å². The Hall–Kier alpha value is -3.87. The average molecular weight is 487 g/mol. The van der Waals surface area contributed by atoms with Crippen LogP contribution in [0.5, 0.6) is 11.5 Å². The number of aryl methyl sites for hydroxylation is 2. The van der Waals surface area contributed by atoms with E-state index in [-0.39, 0.29) is 25.3 Å². The molecule has 0 spiro atoms. The summed E-state index contributed by atoms with van der Waals surface area (Å²) < 4.78 is 6.23. The molecule has 2 aromatic carbocycles. The van der Waals surface area contributed by atoms with Crippen molar-refractivity contribution in [3.05, 3.63) is 76.5 Å². The first kappa shape index (κ1) is 25.2. The van der Waals surface area contributed by atoms with Crippen molar-refractivity contribution in [2.45, 2.75) is 52.5 Å². The van der Waals surface area contributed by atoms with Gasteiger partial charge in [0.25, 0.3) is 5.91 Å². The van der Waals surface area contributed by atoms with Crippen LogP contribution in [-0.2, 0) is 24.1 Å². The number of carbonyl (C=O) groups is 2. The second-order valence-corrected chi connectivity index (χ2v) is 9.58. The number of hydrogen-bond acceptors (Lipinski definition) is 5. The van der Waals surface area contributed by atoms with Gasteiger partial charge in [-0.3, -0.25) is 9.59 Å². The minimum absolute atomic E-state index is 0. The fraction of sp³-hybridized carbons (Fsp3) is 0.345. The van der Waals surface area contributed by atoms with Crippen LogP contribution in [0.25, 0.3) is 0 Å². The summed E-state index contributed by atoms with van der Waals surface area (Å²) >= 11 is 0. The quantitative estimate of drug-likeness (QED) is 0.527. The topological polar surface area (TPSA) is 83.6 Å². The standard InChI is InChI=1S/C28H30N4O3.CH4/c1-17-12-20(15-22(13-17)32(2)3)28(34)30-21-6-4-18-5-7-23(16-19(18)14-21)35-25-10-11-29-27-24(25)8-9-26(33)31-27;/h5,7,10-13,15-16,21H,4,6,8-9,14H2,1-3H3,(H,30,34)(H,29,31,33);1H4. The van der Waals surface area contributed by atoms with Crippen LogP contribution in [-0.4, -0.2) is 36.9 Å². The largest absolute Gasteiger partial charge is 0.457 e. The Balaban J connectivity index is 0.00000304. The number of nitrogens with zero attached hydrogens (tertiary/aromatic N) is 2. The predicted octanol–water partition coefficient (Wildman–Crippen LogP) is 5.06. The molecule has 2 N–H and O–H groups in total. The Kier molecular flexibility index (Phi) is 7.29. The molecule has 1 unspecified atom stereocenters. The number of hydrogen-bond donors (Lipinski definition) is 2. The molecule has 0 saturated heterocycles. The van der Waals surface area contributed by atoms with Crippen LogP contribution in [0.15, 0.2) is 48.7 Å². The SMILES string of the molecule is C.Cc1cc(C(=O)NC2CCc3ccc(Oc4ccnc5c4CCC(=O)N5)cc3C2)cc(N(C)C)c1. The molecular weight excluding hydrogens is 452 g/mol. The summed E-state index contributed by atoms with van der Waals surface area (Å²) in [5.41, 5.74) is 6.17. The van der Waals surface area contributed by atoms with Gasteiger partial charge in [0.15, 0.2) is 0 Å². The molecule has 0 bridgehead atoms. The average Bonchev–Trinajstić information content (AvgIpc) is 2.83. The van der Waals surface area contributed by atoms with Crippen LogP contribution >= 0.6 is 0 Å². The molecule has 2 amide bonds. The minimum Gasteiger partial charge on any atom is -0.457 e. The lowest BCUT2D eigenvalue weighted by atomic mass is 9.88. The van der Waals surface area contributed by atoms with Crippen molar-refractivity contribution < 1.29 is 14.3 Å². The predicted molar refractivity (Wildman–Crippen MR) is 143 cm³/mol. The van der Waals surface area contributed by atoms with Gasteiger partial charge >= 0.3 is 0 Å². The monoisotopic (exact) mass is 486 g/mol. The number of aromatic nitrogens is 1. The van der Waals surface area contributed by atoms with Crippen LogP contribution in [0.3, 0.4) is 0 Å². The van der Waals surface area contributed by atoms with Gasteiger partial charge in [0.05, 0.1) is 0 Å². The highest BCUT2D eigenvalue weighted by atomic mass is 16.5. The molecule has 7 heteroatoms. The van der Waals surface area contributed by atoms with E-state index >= 15 is 0 Å². The van der Waals surface area contributed by atoms with Crippen LogP contribution in [0.1, 0.15) is 52.9 Å². The van der Waals surface area contributed by atoms with Gasteiger partial charge in [0, 0.05) is 49.6 Å². The van der Waals surface area contributed by atoms with E-state index in [1.54, 1.807) is 6.20 Å². The first-order valence-corrected chi connectivity index (χ1v) is 12.0. The Morgan fingerprint density at radius 3 is 2.72 bits per heavy atom. The molecule has 1 atom stereocenters. The Morgan fingerprint density at radius 2 is 1.92 bits per heavy atom. The van der Waals surface area contributed by atoms with Gasteiger partial charge in [-0.2, -0.15) is 0 Å². The molecule has 188 valence electrons. The maximum atomic E-state index is 13.0. The van der Waals surface area contributed by atoms with Crippen molar-refractivity contribution in [3.63, 3.8) is 0 Å². The number of pyridine rings is 1. The van der Waals surface area contributed by atoms with E-state index in [1.165, 1.54) is 11.1 Å².